The number of hydrogen-bond acceptors (Lipinski definition) is 3. The summed E-state index contributed by atoms with van der Waals surface area (Å²) in [5.74, 6) is -0.0793. The molecule has 2 aromatic rings. The van der Waals surface area contributed by atoms with Crippen LogP contribution in [0.5, 0.6) is 0 Å². The first-order valence-corrected chi connectivity index (χ1v) is 8.70. The van der Waals surface area contributed by atoms with Gasteiger partial charge in [0.15, 0.2) is 0 Å². The quantitative estimate of drug-likeness (QED) is 0.796. The number of nitrogens with zero attached hydrogens (tertiary/aromatic N) is 1. The molecule has 116 valence electrons. The van der Waals surface area contributed by atoms with Gasteiger partial charge in [0.2, 0.25) is 0 Å². The molecule has 0 heterocycles. The van der Waals surface area contributed by atoms with Crippen LogP contribution in [0.1, 0.15) is 24.2 Å². The first kappa shape index (κ1) is 16.4. The zero-order chi connectivity index (χ0) is 15.9. The number of rotatable bonds is 6. The van der Waals surface area contributed by atoms with E-state index in [1.54, 1.807) is 11.8 Å². The lowest BCUT2D eigenvalue weighted by molar-refractivity contribution is 0.102. The first-order chi connectivity index (χ1) is 10.7. The maximum Gasteiger partial charge on any atom is 0.255 e. The number of hydrogen-bond donors (Lipinski definition) is 1. The topological polar surface area (TPSA) is 32.3 Å². The van der Waals surface area contributed by atoms with Crippen molar-refractivity contribution in [1.82, 2.24) is 0 Å². The Bertz CT molecular complexity index is 621. The van der Waals surface area contributed by atoms with Crippen molar-refractivity contribution >= 4 is 29.0 Å². The minimum Gasteiger partial charge on any atom is -0.372 e. The molecule has 0 saturated carbocycles. The molecule has 0 bridgehead atoms. The number of carbonyl (C=O) groups is 1. The lowest BCUT2D eigenvalue weighted by atomic mass is 10.1. The second-order valence-electron chi connectivity index (χ2n) is 4.91. The molecule has 2 aromatic carbocycles. The van der Waals surface area contributed by atoms with E-state index in [0.29, 0.717) is 5.56 Å². The van der Waals surface area contributed by atoms with Crippen LogP contribution >= 0.6 is 11.8 Å². The highest BCUT2D eigenvalue weighted by Crippen LogP contribution is 2.20. The van der Waals surface area contributed by atoms with E-state index in [-0.39, 0.29) is 5.91 Å². The molecule has 0 spiro atoms. The third-order valence-corrected chi connectivity index (χ3v) is 4.31. The Morgan fingerprint density at radius 3 is 2.36 bits per heavy atom. The van der Waals surface area contributed by atoms with E-state index in [9.17, 15) is 4.79 Å². The lowest BCUT2D eigenvalue weighted by Crippen LogP contribution is -2.21. The Kier molecular flexibility index (Phi) is 5.90. The van der Waals surface area contributed by atoms with Crippen LogP contribution < -0.4 is 10.2 Å². The second-order valence-corrected chi connectivity index (χ2v) is 5.78. The summed E-state index contributed by atoms with van der Waals surface area (Å²) in [6.07, 6.45) is 2.02. The Balaban J connectivity index is 2.09. The van der Waals surface area contributed by atoms with E-state index in [4.69, 9.17) is 0 Å². The van der Waals surface area contributed by atoms with Crippen LogP contribution in [-0.2, 0) is 0 Å². The fourth-order valence-electron chi connectivity index (χ4n) is 2.32. The van der Waals surface area contributed by atoms with Gasteiger partial charge in [-0.3, -0.25) is 4.79 Å². The summed E-state index contributed by atoms with van der Waals surface area (Å²) in [6.45, 7) is 6.18. The minimum absolute atomic E-state index is 0.0793. The van der Waals surface area contributed by atoms with Crippen LogP contribution in [0.25, 0.3) is 0 Å². The Labute approximate surface area is 136 Å². The van der Waals surface area contributed by atoms with Crippen LogP contribution in [0.4, 0.5) is 11.4 Å². The molecule has 1 N–H and O–H groups in total. The third-order valence-electron chi connectivity index (χ3n) is 3.59. The summed E-state index contributed by atoms with van der Waals surface area (Å²) in [5, 5.41) is 2.94. The van der Waals surface area contributed by atoms with Gasteiger partial charge < -0.3 is 10.2 Å². The molecule has 1 amide bonds. The molecule has 0 atom stereocenters. The van der Waals surface area contributed by atoms with Gasteiger partial charge in [-0.2, -0.15) is 0 Å². The molecule has 0 radical (unpaired) electrons. The molecule has 0 fully saturated rings. The van der Waals surface area contributed by atoms with Gasteiger partial charge in [0.25, 0.3) is 5.91 Å². The molecule has 0 saturated heterocycles. The van der Waals surface area contributed by atoms with Gasteiger partial charge >= 0.3 is 0 Å². The Morgan fingerprint density at radius 2 is 1.77 bits per heavy atom. The highest BCUT2D eigenvalue weighted by molar-refractivity contribution is 7.98. The monoisotopic (exact) mass is 314 g/mol. The maximum atomic E-state index is 12.3. The largest absolute Gasteiger partial charge is 0.372 e. The van der Waals surface area contributed by atoms with Gasteiger partial charge in [-0.05, 0) is 62.6 Å². The normalized spacial score (nSPS) is 10.3. The van der Waals surface area contributed by atoms with Crippen molar-refractivity contribution in [2.75, 3.05) is 29.6 Å². The van der Waals surface area contributed by atoms with Crippen molar-refractivity contribution in [3.8, 4) is 0 Å². The van der Waals surface area contributed by atoms with Gasteiger partial charge in [0, 0.05) is 34.9 Å². The van der Waals surface area contributed by atoms with E-state index in [1.165, 1.54) is 0 Å². The number of carbonyl (C=O) groups excluding carboxylic acids is 1. The molecule has 0 unspecified atom stereocenters. The van der Waals surface area contributed by atoms with E-state index in [1.807, 2.05) is 54.8 Å². The highest BCUT2D eigenvalue weighted by Gasteiger charge is 2.08. The van der Waals surface area contributed by atoms with Gasteiger partial charge in [-0.1, -0.05) is 6.07 Å². The summed E-state index contributed by atoms with van der Waals surface area (Å²) in [7, 11) is 0. The average Bonchev–Trinajstić information content (AvgIpc) is 2.56. The van der Waals surface area contributed by atoms with Crippen molar-refractivity contribution in [2.45, 2.75) is 18.7 Å². The summed E-state index contributed by atoms with van der Waals surface area (Å²) in [4.78, 5) is 15.7. The lowest BCUT2D eigenvalue weighted by Gasteiger charge is -2.21. The second kappa shape index (κ2) is 7.90. The van der Waals surface area contributed by atoms with E-state index < -0.39 is 0 Å². The molecule has 4 heteroatoms. The van der Waals surface area contributed by atoms with Crippen LogP contribution in [0, 0.1) is 0 Å². The molecular formula is C18H22N2OS. The van der Waals surface area contributed by atoms with Crippen molar-refractivity contribution in [3.05, 3.63) is 54.1 Å². The summed E-state index contributed by atoms with van der Waals surface area (Å²) >= 11 is 1.66. The Hall–Kier alpha value is -1.94. The molecule has 2 rings (SSSR count). The number of benzene rings is 2. The fourth-order valence-corrected chi connectivity index (χ4v) is 2.78. The standard InChI is InChI=1S/C18H22N2OS/c1-4-20(5-2)16-11-9-14(10-12-16)18(21)19-15-7-6-8-17(13-15)22-3/h6-13H,4-5H2,1-3H3,(H,19,21). The molecule has 0 aromatic heterocycles. The van der Waals surface area contributed by atoms with Crippen molar-refractivity contribution in [3.63, 3.8) is 0 Å². The maximum absolute atomic E-state index is 12.3. The Morgan fingerprint density at radius 1 is 1.09 bits per heavy atom. The van der Waals surface area contributed by atoms with Gasteiger partial charge in [0.1, 0.15) is 0 Å². The zero-order valence-electron chi connectivity index (χ0n) is 13.3. The van der Waals surface area contributed by atoms with Gasteiger partial charge in [0.05, 0.1) is 0 Å². The summed E-state index contributed by atoms with van der Waals surface area (Å²) < 4.78 is 0. The predicted octanol–water partition coefficient (Wildman–Crippen LogP) is 4.51. The van der Waals surface area contributed by atoms with E-state index in [0.717, 1.165) is 29.4 Å². The molecule has 0 aliphatic rings. The number of amides is 1. The van der Waals surface area contributed by atoms with Crippen molar-refractivity contribution in [1.29, 1.82) is 0 Å². The van der Waals surface area contributed by atoms with Crippen molar-refractivity contribution < 1.29 is 4.79 Å². The number of anilines is 2. The summed E-state index contributed by atoms with van der Waals surface area (Å²) in [6, 6.07) is 15.6. The van der Waals surface area contributed by atoms with Crippen molar-refractivity contribution in [2.24, 2.45) is 0 Å². The number of nitrogens with one attached hydrogen (secondary N) is 1. The first-order valence-electron chi connectivity index (χ1n) is 7.48. The molecule has 3 nitrogen and oxygen atoms in total. The average molecular weight is 314 g/mol. The summed E-state index contributed by atoms with van der Waals surface area (Å²) in [5.41, 5.74) is 2.64. The van der Waals surface area contributed by atoms with Gasteiger partial charge in [-0.25, -0.2) is 0 Å². The van der Waals surface area contributed by atoms with Crippen LogP contribution in [0.15, 0.2) is 53.4 Å². The van der Waals surface area contributed by atoms with E-state index in [2.05, 4.69) is 24.1 Å². The molecular weight excluding hydrogens is 292 g/mol. The molecule has 22 heavy (non-hydrogen) atoms. The minimum atomic E-state index is -0.0793. The third kappa shape index (κ3) is 4.04. The van der Waals surface area contributed by atoms with Crippen LogP contribution in [0.2, 0.25) is 0 Å². The van der Waals surface area contributed by atoms with Crippen LogP contribution in [-0.4, -0.2) is 25.3 Å². The number of thioether (sulfide) groups is 1. The SMILES string of the molecule is CCN(CC)c1ccc(C(=O)Nc2cccc(SC)c2)cc1. The highest BCUT2D eigenvalue weighted by atomic mass is 32.2. The fraction of sp³-hybridized carbons (Fsp3) is 0.278. The molecule has 0 aliphatic carbocycles. The van der Waals surface area contributed by atoms with Gasteiger partial charge in [-0.15, -0.1) is 11.8 Å². The molecule has 0 aliphatic heterocycles. The van der Waals surface area contributed by atoms with Crippen LogP contribution in [0.3, 0.4) is 0 Å². The zero-order valence-corrected chi connectivity index (χ0v) is 14.1. The smallest absolute Gasteiger partial charge is 0.255 e. The predicted molar refractivity (Wildman–Crippen MR) is 96.2 cm³/mol. The van der Waals surface area contributed by atoms with E-state index >= 15 is 0 Å².